The Morgan fingerprint density at radius 3 is 1.37 bits per heavy atom. The van der Waals surface area contributed by atoms with Crippen LogP contribution in [0.15, 0.2) is 72.8 Å². The van der Waals surface area contributed by atoms with Crippen LogP contribution >= 0.6 is 0 Å². The summed E-state index contributed by atoms with van der Waals surface area (Å²) < 4.78 is 0. The summed E-state index contributed by atoms with van der Waals surface area (Å²) in [5.41, 5.74) is 1.35. The second-order valence-electron chi connectivity index (χ2n) is 6.72. The van der Waals surface area contributed by atoms with E-state index >= 15 is 0 Å². The largest absolute Gasteiger partial charge is 0.321 e. The van der Waals surface area contributed by atoms with E-state index in [9.17, 15) is 19.2 Å². The number of hydrogen-bond acceptors (Lipinski definition) is 4. The molecule has 0 fully saturated rings. The van der Waals surface area contributed by atoms with Gasteiger partial charge in [0.05, 0.1) is 22.5 Å². The van der Waals surface area contributed by atoms with Crippen molar-refractivity contribution in [3.8, 4) is 0 Å². The fourth-order valence-electron chi connectivity index (χ4n) is 3.25. The number of rotatable bonds is 4. The molecule has 30 heavy (non-hydrogen) atoms. The Hall–Kier alpha value is -4.26. The average Bonchev–Trinajstić information content (AvgIpc) is 3.01. The van der Waals surface area contributed by atoms with Crippen molar-refractivity contribution in [2.45, 2.75) is 0 Å². The number of hydrogen-bond donors (Lipinski definition) is 2. The highest BCUT2D eigenvalue weighted by Crippen LogP contribution is 2.34. The minimum Gasteiger partial charge on any atom is -0.321 e. The third kappa shape index (κ3) is 3.33. The molecule has 3 aromatic rings. The summed E-state index contributed by atoms with van der Waals surface area (Å²) in [6.45, 7) is 0. The number of amides is 4. The number of carbonyl (C=O) groups excluding carboxylic acids is 4. The molecule has 4 rings (SSSR count). The van der Waals surface area contributed by atoms with Gasteiger partial charge in [0, 0.05) is 18.2 Å². The van der Waals surface area contributed by atoms with Gasteiger partial charge in [0.2, 0.25) is 0 Å². The van der Waals surface area contributed by atoms with Gasteiger partial charge in [-0.1, -0.05) is 36.4 Å². The van der Waals surface area contributed by atoms with E-state index in [0.717, 1.165) is 4.90 Å². The summed E-state index contributed by atoms with van der Waals surface area (Å²) in [5, 5.41) is 5.38. The fourth-order valence-corrected chi connectivity index (χ4v) is 3.25. The molecule has 1 aliphatic heterocycles. The highest BCUT2D eigenvalue weighted by atomic mass is 16.2. The van der Waals surface area contributed by atoms with Gasteiger partial charge in [-0.2, -0.15) is 0 Å². The quantitative estimate of drug-likeness (QED) is 0.657. The van der Waals surface area contributed by atoms with Crippen LogP contribution in [-0.2, 0) is 0 Å². The highest BCUT2D eigenvalue weighted by molar-refractivity contribution is 6.27. The minimum atomic E-state index is -0.547. The van der Waals surface area contributed by atoms with Crippen LogP contribution in [0.4, 0.5) is 11.4 Å². The number of nitrogens with one attached hydrogen (secondary N) is 2. The van der Waals surface area contributed by atoms with E-state index in [1.54, 1.807) is 60.7 Å². The Labute approximate surface area is 172 Å². The summed E-state index contributed by atoms with van der Waals surface area (Å²) in [7, 11) is 1.36. The molecule has 0 saturated carbocycles. The molecule has 148 valence electrons. The smallest absolute Gasteiger partial charge is 0.263 e. The van der Waals surface area contributed by atoms with Crippen LogP contribution in [0.1, 0.15) is 41.4 Å². The van der Waals surface area contributed by atoms with E-state index in [1.807, 2.05) is 0 Å². The molecule has 0 aliphatic carbocycles. The molecule has 4 amide bonds. The molecule has 1 heterocycles. The van der Waals surface area contributed by atoms with Crippen molar-refractivity contribution in [1.29, 1.82) is 0 Å². The van der Waals surface area contributed by atoms with E-state index in [-0.39, 0.29) is 22.5 Å². The molecule has 7 nitrogen and oxygen atoms in total. The summed E-state index contributed by atoms with van der Waals surface area (Å²) in [4.78, 5) is 51.4. The molecule has 1 aliphatic rings. The standard InChI is InChI=1S/C23H17N3O4/c1-26-22(29)18-16(24-20(27)14-8-4-2-5-9-14)12-13-17(19(18)23(26)30)25-21(28)15-10-6-3-7-11-15/h2-13H,1H3,(H,24,27)(H,25,28). The van der Waals surface area contributed by atoms with Crippen LogP contribution in [0.25, 0.3) is 0 Å². The Morgan fingerprint density at radius 2 is 1.00 bits per heavy atom. The highest BCUT2D eigenvalue weighted by Gasteiger charge is 2.38. The van der Waals surface area contributed by atoms with E-state index in [4.69, 9.17) is 0 Å². The van der Waals surface area contributed by atoms with Crippen molar-refractivity contribution in [2.75, 3.05) is 17.7 Å². The Bertz CT molecular complexity index is 1080. The number of imide groups is 1. The first-order valence-electron chi connectivity index (χ1n) is 9.19. The molecule has 0 saturated heterocycles. The van der Waals surface area contributed by atoms with Crippen molar-refractivity contribution in [1.82, 2.24) is 4.90 Å². The number of nitrogens with zero attached hydrogens (tertiary/aromatic N) is 1. The average molecular weight is 399 g/mol. The van der Waals surface area contributed by atoms with Crippen LogP contribution in [0.3, 0.4) is 0 Å². The minimum absolute atomic E-state index is 0.0534. The SMILES string of the molecule is CN1C(=O)c2c(NC(=O)c3ccccc3)ccc(NC(=O)c3ccccc3)c2C1=O. The van der Waals surface area contributed by atoms with Crippen molar-refractivity contribution in [2.24, 2.45) is 0 Å². The summed E-state index contributed by atoms with van der Waals surface area (Å²) in [6.07, 6.45) is 0. The lowest BCUT2D eigenvalue weighted by atomic mass is 10.0. The first kappa shape index (κ1) is 19.1. The van der Waals surface area contributed by atoms with E-state index in [0.29, 0.717) is 11.1 Å². The molecule has 7 heteroatoms. The normalized spacial score (nSPS) is 12.5. The Balaban J connectivity index is 1.71. The van der Waals surface area contributed by atoms with Gasteiger partial charge in [0.1, 0.15) is 0 Å². The van der Waals surface area contributed by atoms with Crippen molar-refractivity contribution in [3.05, 3.63) is 95.1 Å². The molecule has 3 aromatic carbocycles. The Kier molecular flexibility index (Phi) is 4.85. The zero-order valence-corrected chi connectivity index (χ0v) is 16.0. The molecule has 0 bridgehead atoms. The molecular weight excluding hydrogens is 382 g/mol. The number of benzene rings is 3. The first-order valence-corrected chi connectivity index (χ1v) is 9.19. The molecule has 0 atom stereocenters. The van der Waals surface area contributed by atoms with Crippen LogP contribution in [0.5, 0.6) is 0 Å². The van der Waals surface area contributed by atoms with Crippen LogP contribution in [-0.4, -0.2) is 35.6 Å². The maximum Gasteiger partial charge on any atom is 0.263 e. The zero-order valence-electron chi connectivity index (χ0n) is 16.0. The summed E-state index contributed by atoms with van der Waals surface area (Å²) in [6, 6.07) is 20.1. The maximum atomic E-state index is 12.7. The number of carbonyl (C=O) groups is 4. The second-order valence-corrected chi connectivity index (χ2v) is 6.72. The van der Waals surface area contributed by atoms with Gasteiger partial charge in [0.25, 0.3) is 23.6 Å². The Morgan fingerprint density at radius 1 is 0.633 bits per heavy atom. The molecule has 0 radical (unpaired) electrons. The van der Waals surface area contributed by atoms with Gasteiger partial charge in [-0.25, -0.2) is 0 Å². The second kappa shape index (κ2) is 7.63. The topological polar surface area (TPSA) is 95.6 Å². The number of anilines is 2. The monoisotopic (exact) mass is 399 g/mol. The summed E-state index contributed by atoms with van der Waals surface area (Å²) in [5.74, 6) is -1.91. The molecule has 0 aromatic heterocycles. The third-order valence-corrected chi connectivity index (χ3v) is 4.81. The molecule has 0 spiro atoms. The zero-order chi connectivity index (χ0) is 21.3. The van der Waals surface area contributed by atoms with Crippen molar-refractivity contribution >= 4 is 35.0 Å². The molecular formula is C23H17N3O4. The van der Waals surface area contributed by atoms with Gasteiger partial charge < -0.3 is 10.6 Å². The molecule has 0 unspecified atom stereocenters. The van der Waals surface area contributed by atoms with Gasteiger partial charge in [0.15, 0.2) is 0 Å². The number of fused-ring (bicyclic) bond motifs is 1. The lowest BCUT2D eigenvalue weighted by Crippen LogP contribution is -2.25. The summed E-state index contributed by atoms with van der Waals surface area (Å²) >= 11 is 0. The van der Waals surface area contributed by atoms with Gasteiger partial charge in [-0.05, 0) is 36.4 Å². The fraction of sp³-hybridized carbons (Fsp3) is 0.0435. The lowest BCUT2D eigenvalue weighted by molar-refractivity contribution is 0.0693. The van der Waals surface area contributed by atoms with Crippen LogP contribution in [0, 0.1) is 0 Å². The third-order valence-electron chi connectivity index (χ3n) is 4.81. The van der Waals surface area contributed by atoms with Crippen LogP contribution in [0.2, 0.25) is 0 Å². The lowest BCUT2D eigenvalue weighted by Gasteiger charge is -2.13. The maximum absolute atomic E-state index is 12.7. The van der Waals surface area contributed by atoms with E-state index in [1.165, 1.54) is 19.2 Å². The van der Waals surface area contributed by atoms with E-state index < -0.39 is 23.6 Å². The van der Waals surface area contributed by atoms with Gasteiger partial charge >= 0.3 is 0 Å². The van der Waals surface area contributed by atoms with Crippen molar-refractivity contribution < 1.29 is 19.2 Å². The predicted molar refractivity (Wildman–Crippen MR) is 112 cm³/mol. The van der Waals surface area contributed by atoms with Crippen LogP contribution < -0.4 is 10.6 Å². The molecule has 2 N–H and O–H groups in total. The van der Waals surface area contributed by atoms with Crippen molar-refractivity contribution in [3.63, 3.8) is 0 Å². The predicted octanol–water partition coefficient (Wildman–Crippen LogP) is 3.42. The first-order chi connectivity index (χ1) is 14.5. The van der Waals surface area contributed by atoms with Gasteiger partial charge in [-0.3, -0.25) is 24.1 Å². The van der Waals surface area contributed by atoms with E-state index in [2.05, 4.69) is 10.6 Å². The van der Waals surface area contributed by atoms with Gasteiger partial charge in [-0.15, -0.1) is 0 Å².